The van der Waals surface area contributed by atoms with E-state index in [9.17, 15) is 0 Å². The van der Waals surface area contributed by atoms with Crippen molar-refractivity contribution in [1.82, 2.24) is 9.97 Å². The lowest BCUT2D eigenvalue weighted by Crippen LogP contribution is -2.10. The Kier molecular flexibility index (Phi) is 4.29. The molecule has 3 nitrogen and oxygen atoms in total. The highest BCUT2D eigenvalue weighted by molar-refractivity contribution is 6.29. The second-order valence-electron chi connectivity index (χ2n) is 5.68. The largest absolute Gasteiger partial charge is 0.439 e. The number of hydrogen-bond acceptors (Lipinski definition) is 3. The van der Waals surface area contributed by atoms with Gasteiger partial charge in [-0.25, -0.2) is 4.98 Å². The molecule has 1 aromatic carbocycles. The normalized spacial score (nSPS) is 11.4. The molecule has 0 saturated carbocycles. The summed E-state index contributed by atoms with van der Waals surface area (Å²) in [6.07, 6.45) is 0.722. The molecule has 0 N–H and O–H groups in total. The van der Waals surface area contributed by atoms with Crippen LogP contribution < -0.4 is 4.74 Å². The smallest absolute Gasteiger partial charge is 0.224 e. The second-order valence-corrected chi connectivity index (χ2v) is 6.06. The van der Waals surface area contributed by atoms with Gasteiger partial charge in [-0.2, -0.15) is 4.98 Å². The predicted molar refractivity (Wildman–Crippen MR) is 81.6 cm³/mol. The average Bonchev–Trinajstić information content (AvgIpc) is 2.37. The van der Waals surface area contributed by atoms with Crippen LogP contribution in [0.15, 0.2) is 30.3 Å². The maximum Gasteiger partial charge on any atom is 0.224 e. The van der Waals surface area contributed by atoms with E-state index in [0.29, 0.717) is 16.9 Å². The van der Waals surface area contributed by atoms with Gasteiger partial charge in [-0.3, -0.25) is 0 Å². The van der Waals surface area contributed by atoms with Crippen molar-refractivity contribution >= 4 is 11.6 Å². The maximum atomic E-state index is 5.95. The van der Waals surface area contributed by atoms with Crippen LogP contribution in [0.1, 0.15) is 39.1 Å². The van der Waals surface area contributed by atoms with E-state index in [2.05, 4.69) is 42.9 Å². The first kappa shape index (κ1) is 14.8. The Labute approximate surface area is 125 Å². The Morgan fingerprint density at radius 1 is 1.10 bits per heavy atom. The molecular formula is C16H19ClN2O. The molecule has 20 heavy (non-hydrogen) atoms. The number of aryl methyl sites for hydroxylation is 1. The predicted octanol–water partition coefficient (Wildman–Crippen LogP) is 4.78. The van der Waals surface area contributed by atoms with Crippen LogP contribution in [0, 0.1) is 0 Å². The molecular weight excluding hydrogens is 272 g/mol. The average molecular weight is 291 g/mol. The molecule has 0 aliphatic rings. The third-order valence-electron chi connectivity index (χ3n) is 2.98. The molecule has 106 valence electrons. The van der Waals surface area contributed by atoms with Crippen molar-refractivity contribution in [3.05, 3.63) is 46.9 Å². The van der Waals surface area contributed by atoms with Crippen LogP contribution in [0.4, 0.5) is 0 Å². The van der Waals surface area contributed by atoms with Crippen LogP contribution in [-0.4, -0.2) is 9.97 Å². The lowest BCUT2D eigenvalue weighted by molar-refractivity contribution is 0.458. The molecule has 4 heteroatoms. The highest BCUT2D eigenvalue weighted by Crippen LogP contribution is 2.27. The Morgan fingerprint density at radius 3 is 2.30 bits per heavy atom. The summed E-state index contributed by atoms with van der Waals surface area (Å²) in [5, 5.41) is 0.401. The number of hydrogen-bond donors (Lipinski definition) is 0. The molecule has 0 bridgehead atoms. The highest BCUT2D eigenvalue weighted by Gasteiger charge is 2.13. The Hall–Kier alpha value is -1.61. The molecule has 0 aliphatic heterocycles. The number of rotatable bonds is 3. The van der Waals surface area contributed by atoms with Crippen molar-refractivity contribution in [2.75, 3.05) is 0 Å². The lowest BCUT2D eigenvalue weighted by Gasteiger charge is -2.19. The number of halogens is 1. The summed E-state index contributed by atoms with van der Waals surface area (Å²) >= 11 is 5.95. The molecule has 1 heterocycles. The van der Waals surface area contributed by atoms with Crippen LogP contribution >= 0.6 is 11.6 Å². The first-order valence-electron chi connectivity index (χ1n) is 6.70. The van der Waals surface area contributed by atoms with Gasteiger partial charge in [0.15, 0.2) is 0 Å². The van der Waals surface area contributed by atoms with Gasteiger partial charge in [0, 0.05) is 12.5 Å². The molecule has 0 spiro atoms. The lowest BCUT2D eigenvalue weighted by atomic mass is 9.87. The van der Waals surface area contributed by atoms with Gasteiger partial charge in [-0.15, -0.1) is 0 Å². The zero-order valence-corrected chi connectivity index (χ0v) is 13.0. The third kappa shape index (κ3) is 3.70. The summed E-state index contributed by atoms with van der Waals surface area (Å²) in [6, 6.07) is 9.65. The van der Waals surface area contributed by atoms with E-state index in [4.69, 9.17) is 16.3 Å². The van der Waals surface area contributed by atoms with E-state index in [1.807, 2.05) is 19.1 Å². The third-order valence-corrected chi connectivity index (χ3v) is 3.17. The molecule has 0 amide bonds. The fraction of sp³-hybridized carbons (Fsp3) is 0.375. The van der Waals surface area contributed by atoms with Crippen molar-refractivity contribution in [2.45, 2.75) is 39.5 Å². The fourth-order valence-electron chi connectivity index (χ4n) is 1.80. The molecule has 0 fully saturated rings. The van der Waals surface area contributed by atoms with E-state index in [1.165, 1.54) is 5.56 Å². The highest BCUT2D eigenvalue weighted by atomic mass is 35.5. The van der Waals surface area contributed by atoms with Crippen molar-refractivity contribution < 1.29 is 4.74 Å². The topological polar surface area (TPSA) is 35.0 Å². The van der Waals surface area contributed by atoms with Crippen molar-refractivity contribution in [3.8, 4) is 11.6 Å². The number of benzene rings is 1. The minimum Gasteiger partial charge on any atom is -0.439 e. The first-order chi connectivity index (χ1) is 9.38. The minimum atomic E-state index is 0.131. The Morgan fingerprint density at radius 2 is 1.75 bits per heavy atom. The van der Waals surface area contributed by atoms with E-state index >= 15 is 0 Å². The quantitative estimate of drug-likeness (QED) is 0.763. The molecule has 0 aliphatic carbocycles. The monoisotopic (exact) mass is 290 g/mol. The zero-order chi connectivity index (χ0) is 14.8. The molecule has 1 aromatic heterocycles. The summed E-state index contributed by atoms with van der Waals surface area (Å²) in [7, 11) is 0. The van der Waals surface area contributed by atoms with Crippen LogP contribution in [0.5, 0.6) is 11.6 Å². The second kappa shape index (κ2) is 5.80. The van der Waals surface area contributed by atoms with Gasteiger partial charge in [-0.05, 0) is 23.1 Å². The molecule has 0 atom stereocenters. The number of nitrogens with zero attached hydrogens (tertiary/aromatic N) is 2. The zero-order valence-electron chi connectivity index (χ0n) is 12.3. The fourth-order valence-corrected chi connectivity index (χ4v) is 1.99. The minimum absolute atomic E-state index is 0.131. The summed E-state index contributed by atoms with van der Waals surface area (Å²) in [6.45, 7) is 8.52. The van der Waals surface area contributed by atoms with Gasteiger partial charge in [0.2, 0.25) is 5.88 Å². The number of aromatic nitrogens is 2. The summed E-state index contributed by atoms with van der Waals surface area (Å²) in [5.74, 6) is 1.90. The van der Waals surface area contributed by atoms with Crippen molar-refractivity contribution in [1.29, 1.82) is 0 Å². The van der Waals surface area contributed by atoms with Gasteiger partial charge < -0.3 is 4.74 Å². The first-order valence-corrected chi connectivity index (χ1v) is 7.08. The molecule has 0 radical (unpaired) electrons. The summed E-state index contributed by atoms with van der Waals surface area (Å²) in [4.78, 5) is 8.42. The molecule has 2 rings (SSSR count). The van der Waals surface area contributed by atoms with Crippen LogP contribution in [0.3, 0.4) is 0 Å². The number of ether oxygens (including phenoxy) is 1. The van der Waals surface area contributed by atoms with E-state index in [0.717, 1.165) is 12.2 Å². The van der Waals surface area contributed by atoms with Crippen LogP contribution in [-0.2, 0) is 11.8 Å². The van der Waals surface area contributed by atoms with Gasteiger partial charge >= 0.3 is 0 Å². The van der Waals surface area contributed by atoms with Gasteiger partial charge in [-0.1, -0.05) is 51.4 Å². The Bertz CT molecular complexity index is 588. The molecule has 2 aromatic rings. The standard InChI is InChI=1S/C16H19ClN2O/c1-5-14-18-13(17)10-15(19-14)20-12-8-6-11(7-9-12)16(2,3)4/h6-10H,5H2,1-4H3. The Balaban J connectivity index is 2.20. The summed E-state index contributed by atoms with van der Waals surface area (Å²) < 4.78 is 5.73. The van der Waals surface area contributed by atoms with Crippen LogP contribution in [0.2, 0.25) is 5.15 Å². The van der Waals surface area contributed by atoms with Crippen molar-refractivity contribution in [2.24, 2.45) is 0 Å². The SMILES string of the molecule is CCc1nc(Cl)cc(Oc2ccc(C(C)(C)C)cc2)n1. The van der Waals surface area contributed by atoms with Gasteiger partial charge in [0.25, 0.3) is 0 Å². The summed E-state index contributed by atoms with van der Waals surface area (Å²) in [5.41, 5.74) is 1.39. The van der Waals surface area contributed by atoms with E-state index < -0.39 is 0 Å². The van der Waals surface area contributed by atoms with E-state index in [1.54, 1.807) is 6.07 Å². The van der Waals surface area contributed by atoms with Crippen molar-refractivity contribution in [3.63, 3.8) is 0 Å². The maximum absolute atomic E-state index is 5.95. The van der Waals surface area contributed by atoms with E-state index in [-0.39, 0.29) is 5.41 Å². The van der Waals surface area contributed by atoms with Gasteiger partial charge in [0.1, 0.15) is 16.7 Å². The molecule has 0 saturated heterocycles. The van der Waals surface area contributed by atoms with Crippen LogP contribution in [0.25, 0.3) is 0 Å². The van der Waals surface area contributed by atoms with Gasteiger partial charge in [0.05, 0.1) is 0 Å². The molecule has 0 unspecified atom stereocenters.